The van der Waals surface area contributed by atoms with Crippen molar-refractivity contribution in [2.75, 3.05) is 31.1 Å². The van der Waals surface area contributed by atoms with Gasteiger partial charge in [0.2, 0.25) is 17.7 Å². The molecule has 0 spiro atoms. The molecule has 248 valence electrons. The Labute approximate surface area is 278 Å². The second-order valence-corrected chi connectivity index (χ2v) is 13.1. The maximum atomic E-state index is 14.1. The van der Waals surface area contributed by atoms with E-state index in [4.69, 9.17) is 26.1 Å². The van der Waals surface area contributed by atoms with Crippen molar-refractivity contribution in [2.45, 2.75) is 65.1 Å². The third-order valence-electron chi connectivity index (χ3n) is 8.92. The summed E-state index contributed by atoms with van der Waals surface area (Å²) in [5, 5.41) is 11.4. The summed E-state index contributed by atoms with van der Waals surface area (Å²) in [4.78, 5) is 53.4. The number of aromatic nitrogens is 4. The maximum Gasteiger partial charge on any atom is 0.298 e. The molecule has 2 N–H and O–H groups in total. The number of benzene rings is 2. The zero-order chi connectivity index (χ0) is 33.1. The van der Waals surface area contributed by atoms with Gasteiger partial charge in [0.25, 0.3) is 6.01 Å². The molecule has 3 amide bonds. The predicted octanol–water partition coefficient (Wildman–Crippen LogP) is 4.60. The van der Waals surface area contributed by atoms with Gasteiger partial charge in [0.1, 0.15) is 11.6 Å². The molecule has 1 fully saturated rings. The lowest BCUT2D eigenvalue weighted by molar-refractivity contribution is -0.137. The van der Waals surface area contributed by atoms with Crippen molar-refractivity contribution in [3.63, 3.8) is 0 Å². The molecule has 2 atom stereocenters. The number of oxazole rings is 1. The van der Waals surface area contributed by atoms with Crippen molar-refractivity contribution >= 4 is 46.4 Å². The summed E-state index contributed by atoms with van der Waals surface area (Å²) < 4.78 is 7.79. The highest BCUT2D eigenvalue weighted by Crippen LogP contribution is 2.29. The van der Waals surface area contributed by atoms with Gasteiger partial charge in [0.15, 0.2) is 17.2 Å². The summed E-state index contributed by atoms with van der Waals surface area (Å²) in [6, 6.07) is 14.4. The van der Waals surface area contributed by atoms with E-state index in [-0.39, 0.29) is 36.0 Å². The number of nitrogens with one attached hydrogen (secondary N) is 2. The first-order valence-electron chi connectivity index (χ1n) is 16.4. The Kier molecular flexibility index (Phi) is 9.76. The van der Waals surface area contributed by atoms with E-state index in [0.717, 1.165) is 11.1 Å². The minimum absolute atomic E-state index is 0.0116. The van der Waals surface area contributed by atoms with Crippen LogP contribution in [0.2, 0.25) is 5.02 Å². The number of hydrogen-bond acceptors (Lipinski definition) is 8. The van der Waals surface area contributed by atoms with Crippen LogP contribution in [-0.4, -0.2) is 74.6 Å². The monoisotopic (exact) mass is 660 g/mol. The van der Waals surface area contributed by atoms with Crippen molar-refractivity contribution in [3.8, 4) is 11.4 Å². The van der Waals surface area contributed by atoms with Gasteiger partial charge in [0.05, 0.1) is 12.6 Å². The molecule has 6 rings (SSSR count). The Morgan fingerprint density at radius 3 is 2.49 bits per heavy atom. The zero-order valence-corrected chi connectivity index (χ0v) is 27.7. The largest absolute Gasteiger partial charge is 0.423 e. The average Bonchev–Trinajstić information content (AvgIpc) is 3.69. The van der Waals surface area contributed by atoms with E-state index in [9.17, 15) is 14.4 Å². The van der Waals surface area contributed by atoms with Crippen LogP contribution >= 0.6 is 11.6 Å². The highest BCUT2D eigenvalue weighted by molar-refractivity contribution is 6.31. The number of hydrogen-bond donors (Lipinski definition) is 2. The molecule has 0 unspecified atom stereocenters. The molecule has 4 aromatic rings. The number of carbonyl (C=O) groups excluding carboxylic acids is 3. The Morgan fingerprint density at radius 2 is 1.74 bits per heavy atom. The Hall–Kier alpha value is -4.45. The number of fused-ring (bicyclic) bond motifs is 2. The minimum Gasteiger partial charge on any atom is -0.423 e. The minimum atomic E-state index is -0.724. The number of halogens is 1. The van der Waals surface area contributed by atoms with Gasteiger partial charge < -0.3 is 24.9 Å². The molecule has 4 heterocycles. The lowest BCUT2D eigenvalue weighted by Crippen LogP contribution is -2.48. The molecule has 13 heteroatoms. The fourth-order valence-corrected chi connectivity index (χ4v) is 6.38. The van der Waals surface area contributed by atoms with E-state index in [0.29, 0.717) is 80.3 Å². The predicted molar refractivity (Wildman–Crippen MR) is 179 cm³/mol. The van der Waals surface area contributed by atoms with E-state index in [1.807, 2.05) is 59.8 Å². The highest BCUT2D eigenvalue weighted by Gasteiger charge is 2.32. The summed E-state index contributed by atoms with van der Waals surface area (Å²) in [6.45, 7) is 8.17. The van der Waals surface area contributed by atoms with Gasteiger partial charge in [-0.2, -0.15) is 10.1 Å². The summed E-state index contributed by atoms with van der Waals surface area (Å²) in [5.74, 6) is 0.544. The van der Waals surface area contributed by atoms with E-state index in [1.54, 1.807) is 19.1 Å². The molecule has 0 aliphatic carbocycles. The molecule has 0 saturated carbocycles. The molecule has 0 radical (unpaired) electrons. The second kappa shape index (κ2) is 14.1. The van der Waals surface area contributed by atoms with Gasteiger partial charge >= 0.3 is 0 Å². The van der Waals surface area contributed by atoms with E-state index in [2.05, 4.69) is 20.5 Å². The molecule has 2 aromatic heterocycles. The Balaban J connectivity index is 1.22. The Morgan fingerprint density at radius 1 is 0.979 bits per heavy atom. The normalized spacial score (nSPS) is 20.5. The van der Waals surface area contributed by atoms with Crippen LogP contribution in [0.5, 0.6) is 0 Å². The quantitative estimate of drug-likeness (QED) is 0.324. The average molecular weight is 661 g/mol. The van der Waals surface area contributed by atoms with Crippen molar-refractivity contribution in [2.24, 2.45) is 11.8 Å². The SMILES string of the molecule is CC(C)[C@@H]1NC(=O)[C@@H](C)NC(=O)CCCN(C(=O)C2CCN(c3nc4ccc(Cl)cc4o3)CC2)CCn2nc(-c3ccccc3)nc21. The molecule has 2 aromatic carbocycles. The van der Waals surface area contributed by atoms with Gasteiger partial charge in [-0.3, -0.25) is 14.4 Å². The number of amides is 3. The van der Waals surface area contributed by atoms with E-state index >= 15 is 0 Å². The van der Waals surface area contributed by atoms with Gasteiger partial charge in [0, 0.05) is 55.2 Å². The molecular weight excluding hydrogens is 620 g/mol. The van der Waals surface area contributed by atoms with Crippen molar-refractivity contribution in [3.05, 3.63) is 59.4 Å². The molecule has 0 bridgehead atoms. The summed E-state index contributed by atoms with van der Waals surface area (Å²) >= 11 is 6.12. The van der Waals surface area contributed by atoms with Crippen LogP contribution in [0.25, 0.3) is 22.5 Å². The van der Waals surface area contributed by atoms with Crippen molar-refractivity contribution in [1.29, 1.82) is 0 Å². The second-order valence-electron chi connectivity index (χ2n) is 12.7. The lowest BCUT2D eigenvalue weighted by atomic mass is 9.95. The number of rotatable bonds is 4. The van der Waals surface area contributed by atoms with Crippen molar-refractivity contribution in [1.82, 2.24) is 35.3 Å². The van der Waals surface area contributed by atoms with Gasteiger partial charge in [-0.25, -0.2) is 9.67 Å². The smallest absolute Gasteiger partial charge is 0.298 e. The van der Waals surface area contributed by atoms with Crippen molar-refractivity contribution < 1.29 is 18.8 Å². The van der Waals surface area contributed by atoms with Gasteiger partial charge in [-0.1, -0.05) is 55.8 Å². The third kappa shape index (κ3) is 7.43. The molecule has 2 aliphatic heterocycles. The number of piperidine rings is 1. The number of anilines is 1. The fourth-order valence-electron chi connectivity index (χ4n) is 6.22. The van der Waals surface area contributed by atoms with Crippen LogP contribution < -0.4 is 15.5 Å². The van der Waals surface area contributed by atoms with Gasteiger partial charge in [-0.05, 0) is 44.2 Å². The third-order valence-corrected chi connectivity index (χ3v) is 9.16. The zero-order valence-electron chi connectivity index (χ0n) is 27.0. The van der Waals surface area contributed by atoms with Crippen LogP contribution in [-0.2, 0) is 20.9 Å². The maximum absolute atomic E-state index is 14.1. The summed E-state index contributed by atoms with van der Waals surface area (Å²) in [6.07, 6.45) is 1.99. The molecular formula is C34H41ClN8O4. The fraction of sp³-hybridized carbons (Fsp3) is 0.471. The first kappa shape index (κ1) is 32.5. The van der Waals surface area contributed by atoms with Crippen LogP contribution in [0.1, 0.15) is 58.3 Å². The first-order valence-corrected chi connectivity index (χ1v) is 16.7. The topological polar surface area (TPSA) is 138 Å². The highest BCUT2D eigenvalue weighted by atomic mass is 35.5. The molecule has 2 aliphatic rings. The first-order chi connectivity index (χ1) is 22.7. The number of carbonyl (C=O) groups is 3. The van der Waals surface area contributed by atoms with Gasteiger partial charge in [-0.15, -0.1) is 0 Å². The standard InChI is InChI=1S/C34H41ClN8O4/c1-21(2)29-31-39-30(23-8-5-4-6-9-23)40-43(31)19-18-41(15-7-10-28(44)36-22(3)32(45)38-29)33(46)24-13-16-42(17-14-24)34-37-26-12-11-25(35)20-27(26)47-34/h4-6,8-9,11-12,20-22,24,29H,7,10,13-19H2,1-3H3,(H,36,44)(H,38,45)/t22-,29+/m1/s1. The molecule has 1 saturated heterocycles. The van der Waals surface area contributed by atoms with Crippen LogP contribution in [0, 0.1) is 11.8 Å². The Bertz CT molecular complexity index is 1730. The van der Waals surface area contributed by atoms with E-state index < -0.39 is 12.1 Å². The summed E-state index contributed by atoms with van der Waals surface area (Å²) in [5.41, 5.74) is 2.24. The van der Waals surface area contributed by atoms with Crippen LogP contribution in [0.15, 0.2) is 52.9 Å². The van der Waals surface area contributed by atoms with Crippen LogP contribution in [0.4, 0.5) is 6.01 Å². The summed E-state index contributed by atoms with van der Waals surface area (Å²) in [7, 11) is 0. The van der Waals surface area contributed by atoms with E-state index in [1.165, 1.54) is 0 Å². The van der Waals surface area contributed by atoms with Crippen LogP contribution in [0.3, 0.4) is 0 Å². The molecule has 12 nitrogen and oxygen atoms in total. The lowest BCUT2D eigenvalue weighted by Gasteiger charge is -2.34. The number of nitrogens with zero attached hydrogens (tertiary/aromatic N) is 6. The molecule has 47 heavy (non-hydrogen) atoms.